The van der Waals surface area contributed by atoms with Crippen LogP contribution < -0.4 is 11.3 Å². The summed E-state index contributed by atoms with van der Waals surface area (Å²) in [5.41, 5.74) is 8.05. The van der Waals surface area contributed by atoms with Crippen LogP contribution in [0, 0.1) is 6.92 Å². The molecule has 0 aliphatic rings. The van der Waals surface area contributed by atoms with E-state index < -0.39 is 21.4 Å². The van der Waals surface area contributed by atoms with E-state index >= 15 is 0 Å². The van der Waals surface area contributed by atoms with Crippen molar-refractivity contribution in [3.05, 3.63) is 86.2 Å². The molecule has 0 fully saturated rings. The molecule has 0 saturated heterocycles. The van der Waals surface area contributed by atoms with Crippen molar-refractivity contribution in [1.82, 2.24) is 9.55 Å². The first-order chi connectivity index (χ1) is 16.6. The van der Waals surface area contributed by atoms with Gasteiger partial charge in [0.1, 0.15) is 21.6 Å². The molecule has 8 nitrogen and oxygen atoms in total. The topological polar surface area (TPSA) is 124 Å². The second-order valence-corrected chi connectivity index (χ2v) is 11.8. The van der Waals surface area contributed by atoms with Gasteiger partial charge < -0.3 is 5.73 Å². The fourth-order valence-electron chi connectivity index (χ4n) is 3.68. The first-order valence-electron chi connectivity index (χ1n) is 10.4. The average molecular weight is 529 g/mol. The number of rotatable bonds is 7. The minimum Gasteiger partial charge on any atom is -0.384 e. The standard InChI is InChI=1S/C24H21ClN4O4S2/c1-14-28-20-12-16(23(26)27-2)5-8-19(20)24(31)29(14)17-6-3-15(4-7-17)11-18(30)13-35(32,33)22-10-9-21(25)34-22/h3-10,12H,11,13H2,1-2H3,(H2,26,27). The summed E-state index contributed by atoms with van der Waals surface area (Å²) in [7, 11) is -2.15. The quantitative estimate of drug-likeness (QED) is 0.290. The first-order valence-corrected chi connectivity index (χ1v) is 13.3. The Labute approximate surface area is 210 Å². The van der Waals surface area contributed by atoms with Gasteiger partial charge in [0.05, 0.1) is 20.9 Å². The lowest BCUT2D eigenvalue weighted by molar-refractivity contribution is -0.116. The van der Waals surface area contributed by atoms with E-state index in [1.807, 2.05) is 0 Å². The first kappa shape index (κ1) is 24.8. The normalized spacial score (nSPS) is 12.3. The van der Waals surface area contributed by atoms with Crippen molar-refractivity contribution >= 4 is 55.3 Å². The lowest BCUT2D eigenvalue weighted by Gasteiger charge is -2.12. The number of carbonyl (C=O) groups is 1. The fraction of sp³-hybridized carbons (Fsp3) is 0.167. The predicted molar refractivity (Wildman–Crippen MR) is 139 cm³/mol. The molecule has 35 heavy (non-hydrogen) atoms. The number of carbonyl (C=O) groups excluding carboxylic acids is 1. The average Bonchev–Trinajstić information content (AvgIpc) is 3.26. The Bertz CT molecular complexity index is 1640. The second-order valence-electron chi connectivity index (χ2n) is 7.84. The second kappa shape index (κ2) is 9.73. The van der Waals surface area contributed by atoms with E-state index in [0.717, 1.165) is 11.3 Å². The summed E-state index contributed by atoms with van der Waals surface area (Å²) in [6, 6.07) is 14.8. The molecular weight excluding hydrogens is 508 g/mol. The van der Waals surface area contributed by atoms with E-state index in [0.29, 0.717) is 43.7 Å². The number of sulfone groups is 1. The monoisotopic (exact) mass is 528 g/mol. The van der Waals surface area contributed by atoms with Gasteiger partial charge in [-0.2, -0.15) is 0 Å². The van der Waals surface area contributed by atoms with Gasteiger partial charge in [-0.1, -0.05) is 29.8 Å². The zero-order valence-electron chi connectivity index (χ0n) is 18.9. The molecule has 11 heteroatoms. The van der Waals surface area contributed by atoms with Crippen LogP contribution in [0.2, 0.25) is 4.34 Å². The van der Waals surface area contributed by atoms with E-state index in [1.165, 1.54) is 16.7 Å². The van der Waals surface area contributed by atoms with Crippen LogP contribution in [0.15, 0.2) is 68.6 Å². The van der Waals surface area contributed by atoms with Crippen molar-refractivity contribution in [2.24, 2.45) is 10.7 Å². The van der Waals surface area contributed by atoms with E-state index in [-0.39, 0.29) is 16.2 Å². The highest BCUT2D eigenvalue weighted by Gasteiger charge is 2.21. The van der Waals surface area contributed by atoms with Crippen LogP contribution in [0.1, 0.15) is 17.0 Å². The molecule has 0 radical (unpaired) electrons. The molecular formula is C24H21ClN4O4S2. The van der Waals surface area contributed by atoms with Gasteiger partial charge in [-0.25, -0.2) is 13.4 Å². The number of benzene rings is 2. The molecule has 0 aliphatic carbocycles. The van der Waals surface area contributed by atoms with E-state index in [2.05, 4.69) is 9.98 Å². The van der Waals surface area contributed by atoms with Gasteiger partial charge >= 0.3 is 0 Å². The number of nitrogens with zero attached hydrogens (tertiary/aromatic N) is 3. The Morgan fingerprint density at radius 2 is 1.86 bits per heavy atom. The number of ketones is 1. The largest absolute Gasteiger partial charge is 0.384 e. The summed E-state index contributed by atoms with van der Waals surface area (Å²) >= 11 is 6.73. The Hall–Kier alpha value is -3.34. The van der Waals surface area contributed by atoms with Gasteiger partial charge in [-0.05, 0) is 48.9 Å². The third-order valence-electron chi connectivity index (χ3n) is 5.38. The molecule has 2 heterocycles. The number of hydrogen-bond donors (Lipinski definition) is 1. The number of amidine groups is 1. The minimum atomic E-state index is -3.74. The van der Waals surface area contributed by atoms with Crippen molar-refractivity contribution in [3.63, 3.8) is 0 Å². The molecule has 2 N–H and O–H groups in total. The number of hydrogen-bond acceptors (Lipinski definition) is 7. The van der Waals surface area contributed by atoms with Crippen LogP contribution in [0.25, 0.3) is 16.6 Å². The number of thiophene rings is 1. The number of aromatic nitrogens is 2. The highest BCUT2D eigenvalue weighted by atomic mass is 35.5. The highest BCUT2D eigenvalue weighted by molar-refractivity contribution is 7.94. The maximum absolute atomic E-state index is 13.2. The molecule has 0 saturated carbocycles. The van der Waals surface area contributed by atoms with Gasteiger partial charge in [-0.15, -0.1) is 11.3 Å². The molecule has 0 atom stereocenters. The van der Waals surface area contributed by atoms with Gasteiger partial charge in [-0.3, -0.25) is 19.1 Å². The number of Topliss-reactive ketones (excluding diaryl/α,β-unsaturated/α-hetero) is 1. The summed E-state index contributed by atoms with van der Waals surface area (Å²) in [6.07, 6.45) is -0.0500. The Morgan fingerprint density at radius 1 is 1.14 bits per heavy atom. The summed E-state index contributed by atoms with van der Waals surface area (Å²) in [5, 5.41) is 0.432. The molecule has 0 bridgehead atoms. The van der Waals surface area contributed by atoms with Crippen LogP contribution >= 0.6 is 22.9 Å². The number of fused-ring (bicyclic) bond motifs is 1. The molecule has 0 unspecified atom stereocenters. The van der Waals surface area contributed by atoms with Gasteiger partial charge in [0.15, 0.2) is 15.6 Å². The summed E-state index contributed by atoms with van der Waals surface area (Å²) in [4.78, 5) is 34.1. The van der Waals surface area contributed by atoms with Crippen molar-refractivity contribution < 1.29 is 13.2 Å². The van der Waals surface area contributed by atoms with Gasteiger partial charge in [0, 0.05) is 19.0 Å². The molecule has 4 rings (SSSR count). The number of halogens is 1. The zero-order valence-corrected chi connectivity index (χ0v) is 21.2. The Morgan fingerprint density at radius 3 is 2.49 bits per heavy atom. The number of nitrogens with two attached hydrogens (primary N) is 1. The Kier molecular flexibility index (Phi) is 6.88. The predicted octanol–water partition coefficient (Wildman–Crippen LogP) is 3.33. The highest BCUT2D eigenvalue weighted by Crippen LogP contribution is 2.26. The molecule has 2 aromatic heterocycles. The van der Waals surface area contributed by atoms with E-state index in [9.17, 15) is 18.0 Å². The van der Waals surface area contributed by atoms with Crippen molar-refractivity contribution in [1.29, 1.82) is 0 Å². The van der Waals surface area contributed by atoms with Gasteiger partial charge in [0.2, 0.25) is 0 Å². The summed E-state index contributed by atoms with van der Waals surface area (Å²) < 4.78 is 26.7. The number of aryl methyl sites for hydroxylation is 1. The van der Waals surface area contributed by atoms with Crippen LogP contribution in [-0.2, 0) is 21.1 Å². The third-order valence-corrected chi connectivity index (χ3v) is 8.86. The van der Waals surface area contributed by atoms with Gasteiger partial charge in [0.25, 0.3) is 5.56 Å². The van der Waals surface area contributed by atoms with Crippen LogP contribution in [-0.4, -0.2) is 42.4 Å². The molecule has 0 amide bonds. The molecule has 0 spiro atoms. The maximum Gasteiger partial charge on any atom is 0.265 e. The van der Waals surface area contributed by atoms with Crippen LogP contribution in [0.3, 0.4) is 0 Å². The lowest BCUT2D eigenvalue weighted by Crippen LogP contribution is -2.23. The molecule has 4 aromatic rings. The summed E-state index contributed by atoms with van der Waals surface area (Å²) in [6.45, 7) is 1.73. The molecule has 0 aliphatic heterocycles. The SMILES string of the molecule is CN=C(N)c1ccc2c(=O)n(-c3ccc(CC(=O)CS(=O)(=O)c4ccc(Cl)s4)cc3)c(C)nc2c1. The Balaban J connectivity index is 1.57. The fourth-order valence-corrected chi connectivity index (χ4v) is 6.49. The maximum atomic E-state index is 13.2. The lowest BCUT2D eigenvalue weighted by atomic mass is 10.1. The summed E-state index contributed by atoms with van der Waals surface area (Å²) in [5.74, 6) is -0.203. The van der Waals surface area contributed by atoms with Crippen LogP contribution in [0.5, 0.6) is 0 Å². The number of aliphatic imine (C=N–C) groups is 1. The smallest absolute Gasteiger partial charge is 0.265 e. The van der Waals surface area contributed by atoms with Crippen molar-refractivity contribution in [2.45, 2.75) is 17.6 Å². The minimum absolute atomic E-state index is 0.0500. The van der Waals surface area contributed by atoms with E-state index in [1.54, 1.807) is 56.4 Å². The van der Waals surface area contributed by atoms with Crippen molar-refractivity contribution in [3.8, 4) is 5.69 Å². The van der Waals surface area contributed by atoms with E-state index in [4.69, 9.17) is 17.3 Å². The van der Waals surface area contributed by atoms with Crippen molar-refractivity contribution in [2.75, 3.05) is 12.8 Å². The molecule has 180 valence electrons. The zero-order chi connectivity index (χ0) is 25.3. The molecule has 2 aromatic carbocycles. The van der Waals surface area contributed by atoms with Crippen LogP contribution in [0.4, 0.5) is 0 Å². The third kappa shape index (κ3) is 5.19.